The van der Waals surface area contributed by atoms with E-state index in [9.17, 15) is 9.59 Å². The Morgan fingerprint density at radius 3 is 2.20 bits per heavy atom. The van der Waals surface area contributed by atoms with Crippen molar-refractivity contribution in [3.05, 3.63) is 0 Å². The molecule has 2 aliphatic rings. The molecule has 30 heavy (non-hydrogen) atoms. The summed E-state index contributed by atoms with van der Waals surface area (Å²) in [6.07, 6.45) is 13.7. The molecular weight excluding hydrogens is 396 g/mol. The Morgan fingerprint density at radius 2 is 1.60 bits per heavy atom. The number of amides is 3. The van der Waals surface area contributed by atoms with E-state index in [1.165, 1.54) is 57.8 Å². The minimum atomic E-state index is -0.393. The van der Waals surface area contributed by atoms with Gasteiger partial charge in [-0.3, -0.25) is 10.1 Å². The van der Waals surface area contributed by atoms with Crippen molar-refractivity contribution in [1.82, 2.24) is 15.1 Å². The summed E-state index contributed by atoms with van der Waals surface area (Å²) < 4.78 is 0. The van der Waals surface area contributed by atoms with Crippen LogP contribution in [0.2, 0.25) is 0 Å². The van der Waals surface area contributed by atoms with Gasteiger partial charge in [0.25, 0.3) is 5.91 Å². The first-order valence-corrected chi connectivity index (χ1v) is 13.0. The van der Waals surface area contributed by atoms with Crippen LogP contribution in [0.1, 0.15) is 91.4 Å². The summed E-state index contributed by atoms with van der Waals surface area (Å²) in [5.74, 6) is 1.42. The summed E-state index contributed by atoms with van der Waals surface area (Å²) in [7, 11) is 1.73. The van der Waals surface area contributed by atoms with E-state index in [0.717, 1.165) is 30.3 Å². The van der Waals surface area contributed by atoms with E-state index >= 15 is 0 Å². The van der Waals surface area contributed by atoms with E-state index in [1.54, 1.807) is 23.7 Å². The van der Waals surface area contributed by atoms with Crippen molar-refractivity contribution in [3.8, 4) is 0 Å². The van der Waals surface area contributed by atoms with Crippen LogP contribution in [0.15, 0.2) is 4.99 Å². The number of amidine groups is 1. The Bertz CT molecular complexity index is 582. The maximum atomic E-state index is 12.6. The minimum Gasteiger partial charge on any atom is -0.336 e. The highest BCUT2D eigenvalue weighted by molar-refractivity contribution is 8.13. The molecule has 0 aromatic carbocycles. The number of nitrogens with zero attached hydrogens (tertiary/aromatic N) is 3. The van der Waals surface area contributed by atoms with Crippen molar-refractivity contribution in [2.75, 3.05) is 19.3 Å². The number of hydrogen-bond donors (Lipinski definition) is 1. The van der Waals surface area contributed by atoms with Crippen LogP contribution in [0, 0.1) is 5.92 Å². The van der Waals surface area contributed by atoms with Gasteiger partial charge in [0.05, 0.1) is 0 Å². The third kappa shape index (κ3) is 7.47. The van der Waals surface area contributed by atoms with E-state index in [4.69, 9.17) is 4.99 Å². The molecule has 0 spiro atoms. The predicted octanol–water partition coefficient (Wildman–Crippen LogP) is 5.23. The lowest BCUT2D eigenvalue weighted by atomic mass is 10.1. The smallest absolute Gasteiger partial charge is 0.325 e. The van der Waals surface area contributed by atoms with Gasteiger partial charge in [0.1, 0.15) is 0 Å². The van der Waals surface area contributed by atoms with E-state index < -0.39 is 6.17 Å². The second-order valence-electron chi connectivity index (χ2n) is 9.08. The van der Waals surface area contributed by atoms with Crippen LogP contribution in [0.4, 0.5) is 4.79 Å². The number of carbonyl (C=O) groups excluding carboxylic acids is 2. The Kier molecular flexibility index (Phi) is 11.0. The van der Waals surface area contributed by atoms with E-state index in [2.05, 4.69) is 31.0 Å². The molecule has 0 bridgehead atoms. The molecule has 2 atom stereocenters. The van der Waals surface area contributed by atoms with Gasteiger partial charge in [0, 0.05) is 19.3 Å². The van der Waals surface area contributed by atoms with Gasteiger partial charge in [-0.25, -0.2) is 9.79 Å². The summed E-state index contributed by atoms with van der Waals surface area (Å²) >= 11 is 1.73. The number of fused-ring (bicyclic) bond motifs is 1. The first kappa shape index (κ1) is 25.0. The van der Waals surface area contributed by atoms with E-state index in [1.807, 2.05) is 0 Å². The van der Waals surface area contributed by atoms with Crippen molar-refractivity contribution < 1.29 is 9.59 Å². The number of aliphatic imine (C=N–C) groups is 1. The summed E-state index contributed by atoms with van der Waals surface area (Å²) in [5, 5.41) is 3.42. The molecule has 6 nitrogen and oxygen atoms in total. The van der Waals surface area contributed by atoms with Crippen molar-refractivity contribution >= 4 is 28.9 Å². The Hall–Kier alpha value is -1.24. The van der Waals surface area contributed by atoms with Crippen molar-refractivity contribution in [2.45, 2.75) is 104 Å². The maximum Gasteiger partial charge on any atom is 0.325 e. The second-order valence-corrected chi connectivity index (χ2v) is 10.1. The van der Waals surface area contributed by atoms with Crippen molar-refractivity contribution in [3.63, 3.8) is 0 Å². The van der Waals surface area contributed by atoms with Gasteiger partial charge in [-0.15, -0.1) is 0 Å². The molecule has 2 unspecified atom stereocenters. The Labute approximate surface area is 187 Å². The predicted molar refractivity (Wildman–Crippen MR) is 127 cm³/mol. The third-order valence-corrected chi connectivity index (χ3v) is 7.04. The highest BCUT2D eigenvalue weighted by Crippen LogP contribution is 2.29. The van der Waals surface area contributed by atoms with Gasteiger partial charge in [-0.05, 0) is 18.8 Å². The van der Waals surface area contributed by atoms with Crippen LogP contribution in [-0.4, -0.2) is 58.5 Å². The zero-order chi connectivity index (χ0) is 21.9. The average Bonchev–Trinajstić information content (AvgIpc) is 3.06. The van der Waals surface area contributed by atoms with Crippen molar-refractivity contribution in [1.29, 1.82) is 0 Å². The molecule has 0 aromatic rings. The van der Waals surface area contributed by atoms with Gasteiger partial charge < -0.3 is 9.80 Å². The molecule has 0 aliphatic carbocycles. The first-order chi connectivity index (χ1) is 14.5. The highest BCUT2D eigenvalue weighted by atomic mass is 32.2. The van der Waals surface area contributed by atoms with Crippen molar-refractivity contribution in [2.24, 2.45) is 10.9 Å². The maximum absolute atomic E-state index is 12.6. The normalized spacial score (nSPS) is 21.3. The monoisotopic (exact) mass is 438 g/mol. The van der Waals surface area contributed by atoms with Crippen LogP contribution >= 0.6 is 11.8 Å². The highest BCUT2D eigenvalue weighted by Gasteiger charge is 2.48. The lowest BCUT2D eigenvalue weighted by Crippen LogP contribution is -2.63. The number of unbranched alkanes of at least 4 members (excludes halogenated alkanes) is 9. The van der Waals surface area contributed by atoms with Gasteiger partial charge >= 0.3 is 6.03 Å². The fourth-order valence-electron chi connectivity index (χ4n) is 4.01. The number of hydrogen-bond acceptors (Lipinski definition) is 5. The number of carbonyl (C=O) groups is 2. The molecule has 2 heterocycles. The van der Waals surface area contributed by atoms with Gasteiger partial charge in [-0.2, -0.15) is 0 Å². The van der Waals surface area contributed by atoms with E-state index in [-0.39, 0.29) is 18.0 Å². The molecule has 1 fully saturated rings. The zero-order valence-electron chi connectivity index (χ0n) is 19.5. The minimum absolute atomic E-state index is 0.210. The molecule has 1 saturated heterocycles. The van der Waals surface area contributed by atoms with Crippen LogP contribution in [0.3, 0.4) is 0 Å². The van der Waals surface area contributed by atoms with Crippen LogP contribution < -0.4 is 5.32 Å². The SMILES string of the molecule is CCCCCCCCCCCCN1C(SCCC(C)C)=NC2C1C(=O)NC(=O)N2C. The lowest BCUT2D eigenvalue weighted by molar-refractivity contribution is -0.127. The number of rotatable bonds is 14. The Morgan fingerprint density at radius 1 is 1.00 bits per heavy atom. The molecule has 0 aromatic heterocycles. The van der Waals surface area contributed by atoms with Crippen LogP contribution in [-0.2, 0) is 4.79 Å². The topological polar surface area (TPSA) is 65.0 Å². The number of thioether (sulfide) groups is 1. The molecule has 172 valence electrons. The first-order valence-electron chi connectivity index (χ1n) is 12.0. The van der Waals surface area contributed by atoms with Gasteiger partial charge in [-0.1, -0.05) is 90.3 Å². The molecule has 2 aliphatic heterocycles. The van der Waals surface area contributed by atoms with Crippen LogP contribution in [0.5, 0.6) is 0 Å². The fraction of sp³-hybridized carbons (Fsp3) is 0.870. The molecule has 0 radical (unpaired) electrons. The largest absolute Gasteiger partial charge is 0.336 e. The molecule has 7 heteroatoms. The average molecular weight is 439 g/mol. The third-order valence-electron chi connectivity index (χ3n) is 6.00. The van der Waals surface area contributed by atoms with Gasteiger partial charge in [0.15, 0.2) is 17.4 Å². The quantitative estimate of drug-likeness (QED) is 0.377. The van der Waals surface area contributed by atoms with Gasteiger partial charge in [0.2, 0.25) is 0 Å². The molecular formula is C23H42N4O2S. The van der Waals surface area contributed by atoms with E-state index in [0.29, 0.717) is 5.92 Å². The molecule has 2 rings (SSSR count). The summed E-state index contributed by atoms with van der Waals surface area (Å²) in [6.45, 7) is 7.53. The number of nitrogens with one attached hydrogen (secondary N) is 1. The summed E-state index contributed by atoms with van der Waals surface area (Å²) in [6, 6.07) is -0.731. The number of likely N-dealkylation sites (N-methyl/N-ethyl adjacent to an activating group) is 1. The second kappa shape index (κ2) is 13.2. The fourth-order valence-corrected chi connectivity index (χ4v) is 5.34. The Balaban J connectivity index is 1.79. The summed E-state index contributed by atoms with van der Waals surface area (Å²) in [4.78, 5) is 33.1. The molecule has 0 saturated carbocycles. The number of imide groups is 1. The lowest BCUT2D eigenvalue weighted by Gasteiger charge is -2.36. The molecule has 3 amide bonds. The number of urea groups is 1. The zero-order valence-corrected chi connectivity index (χ0v) is 20.3. The molecule has 1 N–H and O–H groups in total. The summed E-state index contributed by atoms with van der Waals surface area (Å²) in [5.41, 5.74) is 0. The van der Waals surface area contributed by atoms with Crippen LogP contribution in [0.25, 0.3) is 0 Å². The standard InChI is InChI=1S/C23H42N4O2S/c1-5-6-7-8-9-10-11-12-13-14-16-27-19-20(26(4)22(29)25-21(19)28)24-23(27)30-17-15-18(2)3/h18-20H,5-17H2,1-4H3,(H,25,28,29).